The molecule has 2 fully saturated rings. The van der Waals surface area contributed by atoms with E-state index in [9.17, 15) is 18.3 Å². The lowest BCUT2D eigenvalue weighted by atomic mass is 9.97. The van der Waals surface area contributed by atoms with Crippen LogP contribution in [-0.2, 0) is 14.8 Å². The first-order valence-electron chi connectivity index (χ1n) is 5.82. The lowest BCUT2D eigenvalue weighted by Gasteiger charge is -2.37. The fourth-order valence-electron chi connectivity index (χ4n) is 2.90. The Morgan fingerprint density at radius 1 is 1.41 bits per heavy atom. The number of nitrogens with two attached hydrogens (primary N) is 1. The summed E-state index contributed by atoms with van der Waals surface area (Å²) < 4.78 is 22.5. The first-order chi connectivity index (χ1) is 7.89. The Balaban J connectivity index is 2.20. The van der Waals surface area contributed by atoms with Crippen molar-refractivity contribution in [3.8, 4) is 0 Å². The molecule has 0 radical (unpaired) electrons. The minimum Gasteiger partial charge on any atom is -0.394 e. The predicted molar refractivity (Wildman–Crippen MR) is 61.5 cm³/mol. The maximum absolute atomic E-state index is 11.9. The molecule has 0 spiro atoms. The number of sulfonamides is 1. The average molecular weight is 262 g/mol. The molecule has 2 aliphatic rings. The van der Waals surface area contributed by atoms with Crippen LogP contribution in [0.25, 0.3) is 0 Å². The molecular formula is C10H18N2O4S. The Labute approximate surface area is 101 Å². The lowest BCUT2D eigenvalue weighted by Crippen LogP contribution is -2.51. The number of hydrogen-bond acceptors (Lipinski definition) is 4. The van der Waals surface area contributed by atoms with Gasteiger partial charge >= 0.3 is 0 Å². The molecule has 1 saturated carbocycles. The summed E-state index contributed by atoms with van der Waals surface area (Å²) >= 11 is 0. The number of carbonyl (C=O) groups is 1. The Morgan fingerprint density at radius 2 is 2.00 bits per heavy atom. The van der Waals surface area contributed by atoms with Crippen molar-refractivity contribution in [3.63, 3.8) is 0 Å². The van der Waals surface area contributed by atoms with Gasteiger partial charge in [-0.1, -0.05) is 12.8 Å². The van der Waals surface area contributed by atoms with Gasteiger partial charge in [0.1, 0.15) is 5.25 Å². The molecule has 1 unspecified atom stereocenters. The molecule has 0 aromatic rings. The zero-order valence-electron chi connectivity index (χ0n) is 9.63. The quantitative estimate of drug-likeness (QED) is 0.694. The minimum atomic E-state index is -3.68. The Kier molecular flexibility index (Phi) is 3.17. The third kappa shape index (κ3) is 2.19. The molecule has 1 amide bonds. The van der Waals surface area contributed by atoms with Crippen molar-refractivity contribution in [1.29, 1.82) is 0 Å². The van der Waals surface area contributed by atoms with Crippen LogP contribution in [0.5, 0.6) is 0 Å². The van der Waals surface area contributed by atoms with Crippen LogP contribution < -0.4 is 5.14 Å². The molecule has 1 atom stereocenters. The van der Waals surface area contributed by atoms with E-state index in [4.69, 9.17) is 5.14 Å². The van der Waals surface area contributed by atoms with Gasteiger partial charge in [-0.15, -0.1) is 0 Å². The standard InChI is InChI=1S/C10H18N2O4S/c11-17(15,16)8-5-9(14)12(6-8)10(7-13)3-1-2-4-10/h8,13H,1-7H2,(H2,11,15,16). The van der Waals surface area contributed by atoms with Gasteiger partial charge in [0.15, 0.2) is 0 Å². The minimum absolute atomic E-state index is 0.0550. The summed E-state index contributed by atoms with van der Waals surface area (Å²) in [5.74, 6) is -0.208. The fourth-order valence-corrected chi connectivity index (χ4v) is 3.63. The molecule has 1 saturated heterocycles. The van der Waals surface area contributed by atoms with Crippen LogP contribution in [0.2, 0.25) is 0 Å². The topological polar surface area (TPSA) is 101 Å². The summed E-state index contributed by atoms with van der Waals surface area (Å²) in [5, 5.41) is 13.8. The van der Waals surface area contributed by atoms with E-state index in [1.54, 1.807) is 0 Å². The molecule has 0 aromatic heterocycles. The Hall–Kier alpha value is -0.660. The molecule has 0 bridgehead atoms. The highest BCUT2D eigenvalue weighted by Gasteiger charge is 2.48. The van der Waals surface area contributed by atoms with Gasteiger partial charge in [0, 0.05) is 13.0 Å². The van der Waals surface area contributed by atoms with Gasteiger partial charge in [-0.2, -0.15) is 0 Å². The van der Waals surface area contributed by atoms with Crippen molar-refractivity contribution >= 4 is 15.9 Å². The Bertz CT molecular complexity index is 414. The molecule has 98 valence electrons. The molecule has 1 aliphatic heterocycles. The van der Waals surface area contributed by atoms with Crippen molar-refractivity contribution < 1.29 is 18.3 Å². The van der Waals surface area contributed by atoms with E-state index in [1.807, 2.05) is 0 Å². The van der Waals surface area contributed by atoms with Crippen molar-refractivity contribution in [3.05, 3.63) is 0 Å². The smallest absolute Gasteiger partial charge is 0.224 e. The molecule has 6 nitrogen and oxygen atoms in total. The van der Waals surface area contributed by atoms with E-state index in [1.165, 1.54) is 4.90 Å². The summed E-state index contributed by atoms with van der Waals surface area (Å²) in [6, 6.07) is 0. The number of rotatable bonds is 3. The number of aliphatic hydroxyl groups excluding tert-OH is 1. The normalized spacial score (nSPS) is 28.9. The zero-order chi connectivity index (χ0) is 12.7. The molecule has 7 heteroatoms. The highest BCUT2D eigenvalue weighted by molar-refractivity contribution is 7.89. The van der Waals surface area contributed by atoms with Crippen LogP contribution in [0.4, 0.5) is 0 Å². The largest absolute Gasteiger partial charge is 0.394 e. The van der Waals surface area contributed by atoms with Crippen LogP contribution in [0, 0.1) is 0 Å². The monoisotopic (exact) mass is 262 g/mol. The first-order valence-corrected chi connectivity index (χ1v) is 7.43. The number of aliphatic hydroxyl groups is 1. The summed E-state index contributed by atoms with van der Waals surface area (Å²) in [7, 11) is -3.68. The number of nitrogens with zero attached hydrogens (tertiary/aromatic N) is 1. The molecule has 1 aliphatic carbocycles. The Morgan fingerprint density at radius 3 is 2.41 bits per heavy atom. The summed E-state index contributed by atoms with van der Waals surface area (Å²) in [4.78, 5) is 13.4. The van der Waals surface area contributed by atoms with Crippen molar-refractivity contribution in [2.75, 3.05) is 13.2 Å². The van der Waals surface area contributed by atoms with Gasteiger partial charge in [-0.25, -0.2) is 13.6 Å². The maximum atomic E-state index is 11.9. The number of likely N-dealkylation sites (tertiary alicyclic amines) is 1. The van der Waals surface area contributed by atoms with Crippen molar-refractivity contribution in [2.45, 2.75) is 42.9 Å². The van der Waals surface area contributed by atoms with Crippen LogP contribution in [0.1, 0.15) is 32.1 Å². The average Bonchev–Trinajstić information content (AvgIpc) is 2.83. The van der Waals surface area contributed by atoms with Crippen molar-refractivity contribution in [1.82, 2.24) is 4.90 Å². The summed E-state index contributed by atoms with van der Waals surface area (Å²) in [5.41, 5.74) is -0.545. The van der Waals surface area contributed by atoms with Gasteiger partial charge in [0.25, 0.3) is 0 Å². The molecule has 3 N–H and O–H groups in total. The fraction of sp³-hybridized carbons (Fsp3) is 0.900. The lowest BCUT2D eigenvalue weighted by molar-refractivity contribution is -0.134. The van der Waals surface area contributed by atoms with Crippen LogP contribution in [-0.4, -0.2) is 48.3 Å². The second kappa shape index (κ2) is 4.22. The SMILES string of the molecule is NS(=O)(=O)C1CC(=O)N(C2(CO)CCCC2)C1. The van der Waals surface area contributed by atoms with E-state index >= 15 is 0 Å². The first kappa shape index (κ1) is 12.8. The molecule has 1 heterocycles. The van der Waals surface area contributed by atoms with E-state index in [0.717, 1.165) is 25.7 Å². The van der Waals surface area contributed by atoms with E-state index in [-0.39, 0.29) is 25.5 Å². The third-order valence-electron chi connectivity index (χ3n) is 3.96. The molecule has 0 aromatic carbocycles. The van der Waals surface area contributed by atoms with E-state index in [2.05, 4.69) is 0 Å². The second-order valence-corrected chi connectivity index (χ2v) is 6.85. The number of primary sulfonamides is 1. The van der Waals surface area contributed by atoms with E-state index < -0.39 is 20.8 Å². The second-order valence-electron chi connectivity index (χ2n) is 5.01. The number of carbonyl (C=O) groups excluding carboxylic acids is 1. The van der Waals surface area contributed by atoms with Crippen LogP contribution in [0.15, 0.2) is 0 Å². The van der Waals surface area contributed by atoms with Gasteiger partial charge in [-0.3, -0.25) is 4.79 Å². The van der Waals surface area contributed by atoms with Gasteiger partial charge in [0.05, 0.1) is 12.1 Å². The zero-order valence-corrected chi connectivity index (χ0v) is 10.4. The van der Waals surface area contributed by atoms with Gasteiger partial charge in [-0.05, 0) is 12.8 Å². The summed E-state index contributed by atoms with van der Waals surface area (Å²) in [6.07, 6.45) is 3.36. The van der Waals surface area contributed by atoms with Crippen molar-refractivity contribution in [2.24, 2.45) is 5.14 Å². The summed E-state index contributed by atoms with van der Waals surface area (Å²) in [6.45, 7) is 0.0221. The third-order valence-corrected chi connectivity index (χ3v) is 5.20. The molecule has 17 heavy (non-hydrogen) atoms. The van der Waals surface area contributed by atoms with Crippen LogP contribution >= 0.6 is 0 Å². The van der Waals surface area contributed by atoms with Gasteiger partial charge < -0.3 is 10.0 Å². The molecule has 2 rings (SSSR count). The van der Waals surface area contributed by atoms with Crippen LogP contribution in [0.3, 0.4) is 0 Å². The molecular weight excluding hydrogens is 244 g/mol. The number of hydrogen-bond donors (Lipinski definition) is 2. The van der Waals surface area contributed by atoms with Gasteiger partial charge in [0.2, 0.25) is 15.9 Å². The highest BCUT2D eigenvalue weighted by atomic mass is 32.2. The number of amides is 1. The highest BCUT2D eigenvalue weighted by Crippen LogP contribution is 2.38. The van der Waals surface area contributed by atoms with E-state index in [0.29, 0.717) is 0 Å². The predicted octanol–water partition coefficient (Wildman–Crippen LogP) is -0.819. The maximum Gasteiger partial charge on any atom is 0.224 e.